The van der Waals surface area contributed by atoms with Gasteiger partial charge in [-0.05, 0) is 38.0 Å². The first-order valence-electron chi connectivity index (χ1n) is 6.79. The van der Waals surface area contributed by atoms with E-state index in [0.29, 0.717) is 25.6 Å². The van der Waals surface area contributed by atoms with Gasteiger partial charge in [-0.2, -0.15) is 0 Å². The summed E-state index contributed by atoms with van der Waals surface area (Å²) in [6.07, 6.45) is 6.67. The van der Waals surface area contributed by atoms with Crippen LogP contribution in [0.5, 0.6) is 0 Å². The molecule has 3 atom stereocenters. The van der Waals surface area contributed by atoms with E-state index in [2.05, 4.69) is 0 Å². The van der Waals surface area contributed by atoms with Crippen molar-refractivity contribution in [3.63, 3.8) is 0 Å². The lowest BCUT2D eigenvalue weighted by atomic mass is 10.0. The van der Waals surface area contributed by atoms with Gasteiger partial charge in [0.15, 0.2) is 0 Å². The molecule has 2 fully saturated rings. The summed E-state index contributed by atoms with van der Waals surface area (Å²) in [6.45, 7) is 1.89. The average Bonchev–Trinajstić information content (AvgIpc) is 2.72. The highest BCUT2D eigenvalue weighted by molar-refractivity contribution is 7.88. The van der Waals surface area contributed by atoms with Gasteiger partial charge in [0.1, 0.15) is 0 Å². The first kappa shape index (κ1) is 14.2. The predicted octanol–water partition coefficient (Wildman–Crippen LogP) is 0.554. The van der Waals surface area contributed by atoms with E-state index in [1.54, 1.807) is 4.31 Å². The topological polar surface area (TPSA) is 72.6 Å². The van der Waals surface area contributed by atoms with Gasteiger partial charge in [0, 0.05) is 19.1 Å². The fraction of sp³-hybridized carbons (Fsp3) is 1.00. The van der Waals surface area contributed by atoms with Gasteiger partial charge in [-0.1, -0.05) is 0 Å². The molecule has 0 spiro atoms. The minimum atomic E-state index is -3.05. The molecule has 2 rings (SSSR count). The van der Waals surface area contributed by atoms with Crippen molar-refractivity contribution in [1.29, 1.82) is 0 Å². The van der Waals surface area contributed by atoms with Crippen LogP contribution in [0.15, 0.2) is 0 Å². The van der Waals surface area contributed by atoms with Gasteiger partial charge in [0.25, 0.3) is 0 Å². The van der Waals surface area contributed by atoms with Gasteiger partial charge in [0.05, 0.1) is 19.0 Å². The molecule has 3 unspecified atom stereocenters. The van der Waals surface area contributed by atoms with Crippen LogP contribution in [0.3, 0.4) is 0 Å². The molecule has 1 saturated heterocycles. The van der Waals surface area contributed by atoms with E-state index in [9.17, 15) is 8.42 Å². The molecule has 5 nitrogen and oxygen atoms in total. The molecule has 0 aromatic heterocycles. The summed E-state index contributed by atoms with van der Waals surface area (Å²) in [4.78, 5) is 0. The molecule has 2 N–H and O–H groups in total. The largest absolute Gasteiger partial charge is 0.376 e. The number of ether oxygens (including phenoxy) is 1. The second kappa shape index (κ2) is 5.86. The highest BCUT2D eigenvalue weighted by atomic mass is 32.2. The molecular formula is C12H24N2O3S. The molecule has 1 heterocycles. The lowest BCUT2D eigenvalue weighted by molar-refractivity contribution is 0.0137. The Balaban J connectivity index is 1.79. The molecule has 1 aliphatic carbocycles. The van der Waals surface area contributed by atoms with Crippen molar-refractivity contribution in [3.8, 4) is 0 Å². The molecule has 0 radical (unpaired) electrons. The normalized spacial score (nSPS) is 34.9. The molecule has 6 heteroatoms. The predicted molar refractivity (Wildman–Crippen MR) is 70.7 cm³/mol. The molecule has 2 aliphatic rings. The highest BCUT2D eigenvalue weighted by Crippen LogP contribution is 2.24. The van der Waals surface area contributed by atoms with Crippen LogP contribution in [0.1, 0.15) is 32.1 Å². The lowest BCUT2D eigenvalue weighted by Gasteiger charge is -2.31. The minimum Gasteiger partial charge on any atom is -0.376 e. The Morgan fingerprint density at radius 3 is 2.67 bits per heavy atom. The van der Waals surface area contributed by atoms with Crippen molar-refractivity contribution in [2.75, 3.05) is 26.0 Å². The number of hydrogen-bond donors (Lipinski definition) is 1. The number of nitrogens with two attached hydrogens (primary N) is 1. The van der Waals surface area contributed by atoms with E-state index in [4.69, 9.17) is 10.5 Å². The third-order valence-electron chi connectivity index (χ3n) is 4.00. The van der Waals surface area contributed by atoms with Crippen LogP contribution in [0.4, 0.5) is 0 Å². The van der Waals surface area contributed by atoms with E-state index in [-0.39, 0.29) is 12.1 Å². The van der Waals surface area contributed by atoms with Crippen LogP contribution in [-0.2, 0) is 14.8 Å². The van der Waals surface area contributed by atoms with E-state index in [1.807, 2.05) is 0 Å². The Morgan fingerprint density at radius 2 is 2.06 bits per heavy atom. The average molecular weight is 276 g/mol. The van der Waals surface area contributed by atoms with Crippen molar-refractivity contribution in [2.24, 2.45) is 11.7 Å². The van der Waals surface area contributed by atoms with Crippen LogP contribution < -0.4 is 5.73 Å². The maximum Gasteiger partial charge on any atom is 0.211 e. The molecule has 1 saturated carbocycles. The zero-order valence-corrected chi connectivity index (χ0v) is 11.9. The standard InChI is InChI=1S/C12H24N2O3S/c1-18(15,16)14-7-3-4-10(8-14)9-17-12-6-2-5-11(12)13/h10-12H,2-9,13H2,1H3. The molecule has 0 aromatic rings. The second-order valence-electron chi connectivity index (χ2n) is 5.60. The Morgan fingerprint density at radius 1 is 1.28 bits per heavy atom. The number of piperidine rings is 1. The van der Waals surface area contributed by atoms with Crippen LogP contribution in [0, 0.1) is 5.92 Å². The summed E-state index contributed by atoms with van der Waals surface area (Å²) in [5.41, 5.74) is 5.96. The summed E-state index contributed by atoms with van der Waals surface area (Å²) in [7, 11) is -3.05. The van der Waals surface area contributed by atoms with E-state index in [1.165, 1.54) is 6.26 Å². The monoisotopic (exact) mass is 276 g/mol. The summed E-state index contributed by atoms with van der Waals surface area (Å²) >= 11 is 0. The van der Waals surface area contributed by atoms with Crippen molar-refractivity contribution in [1.82, 2.24) is 4.31 Å². The van der Waals surface area contributed by atoms with Crippen molar-refractivity contribution >= 4 is 10.0 Å². The molecule has 0 aromatic carbocycles. The Bertz CT molecular complexity index is 372. The second-order valence-corrected chi connectivity index (χ2v) is 7.58. The highest BCUT2D eigenvalue weighted by Gasteiger charge is 2.29. The molecular weight excluding hydrogens is 252 g/mol. The zero-order chi connectivity index (χ0) is 13.2. The van der Waals surface area contributed by atoms with E-state index < -0.39 is 10.0 Å². The molecule has 0 amide bonds. The third kappa shape index (κ3) is 3.66. The Hall–Kier alpha value is -0.170. The number of hydrogen-bond acceptors (Lipinski definition) is 4. The summed E-state index contributed by atoms with van der Waals surface area (Å²) in [6, 6.07) is 0.166. The van der Waals surface area contributed by atoms with Gasteiger partial charge in [0.2, 0.25) is 10.0 Å². The maximum atomic E-state index is 11.5. The van der Waals surface area contributed by atoms with Crippen LogP contribution in [0.2, 0.25) is 0 Å². The quantitative estimate of drug-likeness (QED) is 0.814. The van der Waals surface area contributed by atoms with Gasteiger partial charge in [-0.25, -0.2) is 12.7 Å². The lowest BCUT2D eigenvalue weighted by Crippen LogP contribution is -2.41. The fourth-order valence-corrected chi connectivity index (χ4v) is 3.83. The van der Waals surface area contributed by atoms with Crippen LogP contribution in [0.25, 0.3) is 0 Å². The zero-order valence-electron chi connectivity index (χ0n) is 11.0. The maximum absolute atomic E-state index is 11.5. The molecule has 1 aliphatic heterocycles. The SMILES string of the molecule is CS(=O)(=O)N1CCCC(COC2CCCC2N)C1. The Kier molecular flexibility index (Phi) is 4.64. The summed E-state index contributed by atoms with van der Waals surface area (Å²) in [5, 5.41) is 0. The smallest absolute Gasteiger partial charge is 0.211 e. The van der Waals surface area contributed by atoms with E-state index >= 15 is 0 Å². The fourth-order valence-electron chi connectivity index (χ4n) is 2.89. The summed E-state index contributed by atoms with van der Waals surface area (Å²) in [5.74, 6) is 0.321. The number of nitrogens with zero attached hydrogens (tertiary/aromatic N) is 1. The van der Waals surface area contributed by atoms with Gasteiger partial charge in [-0.3, -0.25) is 0 Å². The molecule has 106 valence electrons. The van der Waals surface area contributed by atoms with Crippen molar-refractivity contribution < 1.29 is 13.2 Å². The van der Waals surface area contributed by atoms with Crippen molar-refractivity contribution in [2.45, 2.75) is 44.2 Å². The van der Waals surface area contributed by atoms with Gasteiger partial charge < -0.3 is 10.5 Å². The number of rotatable bonds is 4. The van der Waals surface area contributed by atoms with Gasteiger partial charge in [-0.15, -0.1) is 0 Å². The molecule has 0 bridgehead atoms. The van der Waals surface area contributed by atoms with E-state index in [0.717, 1.165) is 32.1 Å². The third-order valence-corrected chi connectivity index (χ3v) is 5.27. The van der Waals surface area contributed by atoms with Gasteiger partial charge >= 0.3 is 0 Å². The van der Waals surface area contributed by atoms with Crippen LogP contribution in [-0.4, -0.2) is 50.8 Å². The Labute approximate surface area is 110 Å². The van der Waals surface area contributed by atoms with Crippen molar-refractivity contribution in [3.05, 3.63) is 0 Å². The first-order valence-corrected chi connectivity index (χ1v) is 8.64. The summed E-state index contributed by atoms with van der Waals surface area (Å²) < 4.78 is 30.5. The number of sulfonamides is 1. The molecule has 18 heavy (non-hydrogen) atoms. The minimum absolute atomic E-state index is 0.166. The first-order chi connectivity index (χ1) is 8.47. The van der Waals surface area contributed by atoms with Crippen LogP contribution >= 0.6 is 0 Å².